The third-order valence-electron chi connectivity index (χ3n) is 5.78. The summed E-state index contributed by atoms with van der Waals surface area (Å²) in [5.74, 6) is 0.557. The minimum Gasteiger partial charge on any atom is -0.465 e. The van der Waals surface area contributed by atoms with Crippen LogP contribution in [0.2, 0.25) is 0 Å². The molecule has 0 saturated carbocycles. The SMILES string of the molecule is CCCCC1C(CO)CCN(C(=O)O)C1(CCCC)CCCC. The quantitative estimate of drug-likeness (QED) is 0.599. The number of likely N-dealkylation sites (tertiary alicyclic amines) is 1. The number of carboxylic acid groups (broad SMARTS) is 1. The van der Waals surface area contributed by atoms with Gasteiger partial charge in [-0.1, -0.05) is 59.3 Å². The van der Waals surface area contributed by atoms with E-state index in [1.165, 1.54) is 0 Å². The second kappa shape index (κ2) is 10.2. The van der Waals surface area contributed by atoms with E-state index in [1.807, 2.05) is 0 Å². The van der Waals surface area contributed by atoms with E-state index in [2.05, 4.69) is 20.8 Å². The molecule has 1 heterocycles. The van der Waals surface area contributed by atoms with Crippen molar-refractivity contribution in [3.8, 4) is 0 Å². The number of piperidine rings is 1. The van der Waals surface area contributed by atoms with Crippen molar-refractivity contribution >= 4 is 6.09 Å². The predicted octanol–water partition coefficient (Wildman–Crippen LogP) is 4.90. The molecule has 2 unspecified atom stereocenters. The lowest BCUT2D eigenvalue weighted by Crippen LogP contribution is -2.62. The van der Waals surface area contributed by atoms with Gasteiger partial charge in [0.2, 0.25) is 0 Å². The Kier molecular flexibility index (Phi) is 8.96. The number of nitrogens with zero attached hydrogens (tertiary/aromatic N) is 1. The number of aliphatic hydroxyl groups is 1. The summed E-state index contributed by atoms with van der Waals surface area (Å²) in [7, 11) is 0. The highest BCUT2D eigenvalue weighted by Crippen LogP contribution is 2.46. The third-order valence-corrected chi connectivity index (χ3v) is 5.78. The van der Waals surface area contributed by atoms with Crippen LogP contribution >= 0.6 is 0 Å². The average molecular weight is 328 g/mol. The van der Waals surface area contributed by atoms with Gasteiger partial charge in [-0.3, -0.25) is 0 Å². The molecule has 0 aromatic carbocycles. The number of amides is 1. The summed E-state index contributed by atoms with van der Waals surface area (Å²) >= 11 is 0. The fourth-order valence-corrected chi connectivity index (χ4v) is 4.52. The van der Waals surface area contributed by atoms with Gasteiger partial charge in [-0.2, -0.15) is 0 Å². The number of aliphatic hydroxyl groups excluding tert-OH is 1. The summed E-state index contributed by atoms with van der Waals surface area (Å²) in [5, 5.41) is 19.7. The van der Waals surface area contributed by atoms with E-state index in [0.717, 1.165) is 64.2 Å². The summed E-state index contributed by atoms with van der Waals surface area (Å²) in [6.45, 7) is 7.31. The van der Waals surface area contributed by atoms with Crippen LogP contribution in [0.1, 0.15) is 85.0 Å². The topological polar surface area (TPSA) is 60.8 Å². The number of unbranched alkanes of at least 4 members (excludes halogenated alkanes) is 3. The van der Waals surface area contributed by atoms with E-state index in [4.69, 9.17) is 0 Å². The van der Waals surface area contributed by atoms with Gasteiger partial charge in [0.15, 0.2) is 0 Å². The van der Waals surface area contributed by atoms with Crippen molar-refractivity contribution < 1.29 is 15.0 Å². The van der Waals surface area contributed by atoms with Crippen LogP contribution in [0.5, 0.6) is 0 Å². The van der Waals surface area contributed by atoms with Crippen molar-refractivity contribution in [3.05, 3.63) is 0 Å². The first-order chi connectivity index (χ1) is 11.1. The molecule has 1 amide bonds. The van der Waals surface area contributed by atoms with Crippen molar-refractivity contribution in [2.24, 2.45) is 11.8 Å². The Bertz CT molecular complexity index is 338. The molecule has 1 aliphatic rings. The monoisotopic (exact) mass is 327 g/mol. The summed E-state index contributed by atoms with van der Waals surface area (Å²) in [6.07, 6.45) is 9.51. The largest absolute Gasteiger partial charge is 0.465 e. The number of hydrogen-bond acceptors (Lipinski definition) is 2. The number of rotatable bonds is 10. The summed E-state index contributed by atoms with van der Waals surface area (Å²) in [5.41, 5.74) is -0.265. The molecule has 1 rings (SSSR count). The van der Waals surface area contributed by atoms with Crippen LogP contribution in [0.15, 0.2) is 0 Å². The van der Waals surface area contributed by atoms with Gasteiger partial charge in [0.1, 0.15) is 0 Å². The van der Waals surface area contributed by atoms with Crippen LogP contribution in [0, 0.1) is 11.8 Å². The summed E-state index contributed by atoms with van der Waals surface area (Å²) in [6, 6.07) is 0. The molecule has 136 valence electrons. The molecule has 0 bridgehead atoms. The van der Waals surface area contributed by atoms with Gasteiger partial charge in [-0.05, 0) is 37.5 Å². The summed E-state index contributed by atoms with van der Waals surface area (Å²) < 4.78 is 0. The van der Waals surface area contributed by atoms with Crippen molar-refractivity contribution in [3.63, 3.8) is 0 Å². The molecule has 4 nitrogen and oxygen atoms in total. The van der Waals surface area contributed by atoms with Gasteiger partial charge in [0.25, 0.3) is 0 Å². The first-order valence-corrected chi connectivity index (χ1v) is 9.68. The van der Waals surface area contributed by atoms with Crippen LogP contribution in [0.3, 0.4) is 0 Å². The molecule has 0 aromatic rings. The molecular formula is C19H37NO3. The fourth-order valence-electron chi connectivity index (χ4n) is 4.52. The molecule has 0 aliphatic carbocycles. The smallest absolute Gasteiger partial charge is 0.407 e. The molecule has 4 heteroatoms. The molecule has 0 radical (unpaired) electrons. The van der Waals surface area contributed by atoms with E-state index in [1.54, 1.807) is 4.90 Å². The molecule has 1 fully saturated rings. The van der Waals surface area contributed by atoms with Crippen molar-refractivity contribution in [2.75, 3.05) is 13.2 Å². The minimum atomic E-state index is -0.768. The van der Waals surface area contributed by atoms with Crippen LogP contribution in [0.4, 0.5) is 4.79 Å². The van der Waals surface area contributed by atoms with Crippen LogP contribution < -0.4 is 0 Å². The van der Waals surface area contributed by atoms with Gasteiger partial charge >= 0.3 is 6.09 Å². The van der Waals surface area contributed by atoms with Gasteiger partial charge in [0.05, 0.1) is 0 Å². The molecule has 2 N–H and O–H groups in total. The third kappa shape index (κ3) is 4.85. The molecule has 23 heavy (non-hydrogen) atoms. The Morgan fingerprint density at radius 1 is 1.09 bits per heavy atom. The highest BCUT2D eigenvalue weighted by Gasteiger charge is 2.50. The predicted molar refractivity (Wildman–Crippen MR) is 94.7 cm³/mol. The van der Waals surface area contributed by atoms with Crippen LogP contribution in [-0.4, -0.2) is 39.9 Å². The Morgan fingerprint density at radius 3 is 2.09 bits per heavy atom. The average Bonchev–Trinajstić information content (AvgIpc) is 2.55. The lowest BCUT2D eigenvalue weighted by Gasteiger charge is -2.54. The summed E-state index contributed by atoms with van der Waals surface area (Å²) in [4.78, 5) is 13.7. The van der Waals surface area contributed by atoms with Crippen LogP contribution in [0.25, 0.3) is 0 Å². The molecule has 0 spiro atoms. The van der Waals surface area contributed by atoms with Crippen LogP contribution in [-0.2, 0) is 0 Å². The standard InChI is InChI=1S/C19H37NO3/c1-4-7-10-17-16(15-21)11-14-20(18(22)23)19(17,12-8-5-2)13-9-6-3/h16-17,21H,4-15H2,1-3H3,(H,22,23). The maximum atomic E-state index is 12.0. The lowest BCUT2D eigenvalue weighted by atomic mass is 9.64. The maximum Gasteiger partial charge on any atom is 0.407 e. The Balaban J connectivity index is 3.19. The highest BCUT2D eigenvalue weighted by atomic mass is 16.4. The molecule has 1 aliphatic heterocycles. The van der Waals surface area contributed by atoms with Crippen molar-refractivity contribution in [1.29, 1.82) is 0 Å². The zero-order chi connectivity index (χ0) is 17.3. The first-order valence-electron chi connectivity index (χ1n) is 9.68. The number of hydrogen-bond donors (Lipinski definition) is 2. The maximum absolute atomic E-state index is 12.0. The number of carbonyl (C=O) groups is 1. The van der Waals surface area contributed by atoms with Gasteiger partial charge < -0.3 is 15.1 Å². The Morgan fingerprint density at radius 2 is 1.65 bits per heavy atom. The highest BCUT2D eigenvalue weighted by molar-refractivity contribution is 5.66. The van der Waals surface area contributed by atoms with E-state index in [0.29, 0.717) is 12.5 Å². The second-order valence-corrected chi connectivity index (χ2v) is 7.22. The molecular weight excluding hydrogens is 290 g/mol. The van der Waals surface area contributed by atoms with Gasteiger partial charge in [0, 0.05) is 18.7 Å². The zero-order valence-electron chi connectivity index (χ0n) is 15.4. The normalized spacial score (nSPS) is 23.9. The second-order valence-electron chi connectivity index (χ2n) is 7.22. The Hall–Kier alpha value is -0.770. The lowest BCUT2D eigenvalue weighted by molar-refractivity contribution is -0.0563. The van der Waals surface area contributed by atoms with E-state index in [-0.39, 0.29) is 18.1 Å². The first kappa shape index (κ1) is 20.3. The molecule has 0 aromatic heterocycles. The van der Waals surface area contributed by atoms with E-state index in [9.17, 15) is 15.0 Å². The van der Waals surface area contributed by atoms with Gasteiger partial charge in [-0.15, -0.1) is 0 Å². The fraction of sp³-hybridized carbons (Fsp3) is 0.947. The van der Waals surface area contributed by atoms with E-state index >= 15 is 0 Å². The molecule has 2 atom stereocenters. The van der Waals surface area contributed by atoms with Gasteiger partial charge in [-0.25, -0.2) is 4.79 Å². The molecule has 1 saturated heterocycles. The van der Waals surface area contributed by atoms with Crippen molar-refractivity contribution in [2.45, 2.75) is 90.5 Å². The minimum absolute atomic E-state index is 0.196. The Labute approximate surface area is 142 Å². The zero-order valence-corrected chi connectivity index (χ0v) is 15.4. The van der Waals surface area contributed by atoms with Crippen molar-refractivity contribution in [1.82, 2.24) is 4.90 Å². The van der Waals surface area contributed by atoms with E-state index < -0.39 is 6.09 Å².